The first-order chi connectivity index (χ1) is 5.62. The highest BCUT2D eigenvalue weighted by molar-refractivity contribution is 4.66. The lowest BCUT2D eigenvalue weighted by molar-refractivity contribution is -0.00923. The Kier molecular flexibility index (Phi) is 6.34. The van der Waals surface area contributed by atoms with Crippen molar-refractivity contribution in [1.82, 2.24) is 5.32 Å². The van der Waals surface area contributed by atoms with Crippen LogP contribution in [-0.4, -0.2) is 39.5 Å². The highest BCUT2D eigenvalue weighted by Gasteiger charge is 2.15. The fraction of sp³-hybridized carbons (Fsp3) is 1.00. The van der Waals surface area contributed by atoms with Crippen LogP contribution in [0.2, 0.25) is 0 Å². The van der Waals surface area contributed by atoms with E-state index < -0.39 is 0 Å². The summed E-state index contributed by atoms with van der Waals surface area (Å²) in [4.78, 5) is 0. The van der Waals surface area contributed by atoms with Gasteiger partial charge in [0.2, 0.25) is 0 Å². The third kappa shape index (κ3) is 6.58. The second-order valence-electron chi connectivity index (χ2n) is 3.43. The van der Waals surface area contributed by atoms with Crippen LogP contribution in [0.15, 0.2) is 0 Å². The Bertz CT molecular complexity index is 105. The Morgan fingerprint density at radius 1 is 1.25 bits per heavy atom. The highest BCUT2D eigenvalue weighted by atomic mass is 16.5. The van der Waals surface area contributed by atoms with Crippen LogP contribution in [0.5, 0.6) is 0 Å². The maximum Gasteiger partial charge on any atom is 0.0644 e. The Balaban J connectivity index is 3.19. The maximum atomic E-state index is 5.37. The summed E-state index contributed by atoms with van der Waals surface area (Å²) in [6, 6.07) is 0. The molecule has 0 aliphatic carbocycles. The van der Waals surface area contributed by atoms with Crippen molar-refractivity contribution in [3.63, 3.8) is 0 Å². The van der Waals surface area contributed by atoms with Crippen LogP contribution >= 0.6 is 0 Å². The average Bonchev–Trinajstić information content (AvgIpc) is 2.04. The van der Waals surface area contributed by atoms with Crippen molar-refractivity contribution in [3.8, 4) is 0 Å². The minimum absolute atomic E-state index is 0.0559. The van der Waals surface area contributed by atoms with Gasteiger partial charge in [-0.2, -0.15) is 0 Å². The number of ether oxygens (including phenoxy) is 2. The molecule has 0 saturated carbocycles. The van der Waals surface area contributed by atoms with Crippen molar-refractivity contribution in [2.45, 2.75) is 25.9 Å². The van der Waals surface area contributed by atoms with Crippen LogP contribution in [0.3, 0.4) is 0 Å². The van der Waals surface area contributed by atoms with Crippen LogP contribution in [0.1, 0.15) is 20.3 Å². The van der Waals surface area contributed by atoms with Gasteiger partial charge >= 0.3 is 0 Å². The van der Waals surface area contributed by atoms with Gasteiger partial charge in [0, 0.05) is 20.3 Å². The Labute approximate surface area is 75.4 Å². The van der Waals surface area contributed by atoms with E-state index in [4.69, 9.17) is 9.47 Å². The molecule has 0 fully saturated rings. The largest absolute Gasteiger partial charge is 0.380 e. The summed E-state index contributed by atoms with van der Waals surface area (Å²) in [5.74, 6) is 0. The maximum absolute atomic E-state index is 5.37. The Hall–Kier alpha value is -0.120. The molecular formula is C9H21NO2. The first-order valence-corrected chi connectivity index (χ1v) is 4.40. The monoisotopic (exact) mass is 175 g/mol. The lowest BCUT2D eigenvalue weighted by atomic mass is 10.1. The summed E-state index contributed by atoms with van der Waals surface area (Å²) in [5, 5.41) is 3.02. The van der Waals surface area contributed by atoms with Crippen LogP contribution in [0.4, 0.5) is 0 Å². The van der Waals surface area contributed by atoms with E-state index in [2.05, 4.69) is 19.2 Å². The number of hydrogen-bond acceptors (Lipinski definition) is 3. The summed E-state index contributed by atoms with van der Waals surface area (Å²) in [6.45, 7) is 6.58. The van der Waals surface area contributed by atoms with Gasteiger partial charge in [-0.3, -0.25) is 0 Å². The summed E-state index contributed by atoms with van der Waals surface area (Å²) < 4.78 is 10.6. The zero-order valence-corrected chi connectivity index (χ0v) is 8.64. The van der Waals surface area contributed by atoms with Gasteiger partial charge in [-0.25, -0.2) is 0 Å². The van der Waals surface area contributed by atoms with E-state index in [1.54, 1.807) is 7.11 Å². The minimum Gasteiger partial charge on any atom is -0.380 e. The van der Waals surface area contributed by atoms with Crippen molar-refractivity contribution < 1.29 is 9.47 Å². The van der Waals surface area contributed by atoms with Crippen molar-refractivity contribution in [2.24, 2.45) is 0 Å². The molecule has 1 N–H and O–H groups in total. The van der Waals surface area contributed by atoms with Gasteiger partial charge in [-0.05, 0) is 27.3 Å². The second-order valence-corrected chi connectivity index (χ2v) is 3.43. The molecule has 0 atom stereocenters. The molecule has 0 radical (unpaired) electrons. The number of hydrogen-bond donors (Lipinski definition) is 1. The van der Waals surface area contributed by atoms with E-state index in [-0.39, 0.29) is 5.60 Å². The first-order valence-electron chi connectivity index (χ1n) is 4.40. The van der Waals surface area contributed by atoms with Gasteiger partial charge in [0.05, 0.1) is 12.2 Å². The van der Waals surface area contributed by atoms with E-state index in [0.717, 1.165) is 26.2 Å². The van der Waals surface area contributed by atoms with Crippen molar-refractivity contribution in [2.75, 3.05) is 33.9 Å². The zero-order chi connectivity index (χ0) is 9.45. The van der Waals surface area contributed by atoms with Crippen molar-refractivity contribution in [3.05, 3.63) is 0 Å². The fourth-order valence-electron chi connectivity index (χ4n) is 0.696. The molecule has 0 aromatic heterocycles. The Morgan fingerprint density at radius 3 is 2.42 bits per heavy atom. The van der Waals surface area contributed by atoms with Gasteiger partial charge in [0.25, 0.3) is 0 Å². The summed E-state index contributed by atoms with van der Waals surface area (Å²) in [6.07, 6.45) is 0.938. The molecule has 12 heavy (non-hydrogen) atoms. The van der Waals surface area contributed by atoms with E-state index in [1.807, 2.05) is 7.05 Å². The van der Waals surface area contributed by atoms with Gasteiger partial charge in [-0.1, -0.05) is 0 Å². The first kappa shape index (κ1) is 11.9. The summed E-state index contributed by atoms with van der Waals surface area (Å²) >= 11 is 0. The quantitative estimate of drug-likeness (QED) is 0.586. The molecule has 74 valence electrons. The molecule has 0 rings (SSSR count). The summed E-state index contributed by atoms with van der Waals surface area (Å²) in [7, 11) is 3.65. The number of rotatable bonds is 7. The molecule has 0 aromatic carbocycles. The lowest BCUT2D eigenvalue weighted by Gasteiger charge is -2.22. The predicted molar refractivity (Wildman–Crippen MR) is 50.5 cm³/mol. The van der Waals surface area contributed by atoms with E-state index in [1.165, 1.54) is 0 Å². The van der Waals surface area contributed by atoms with Crippen molar-refractivity contribution in [1.29, 1.82) is 0 Å². The molecule has 0 aromatic rings. The summed E-state index contributed by atoms with van der Waals surface area (Å²) in [5.41, 5.74) is -0.0559. The SMILES string of the molecule is CNCCOCCC(C)(C)OC. The van der Waals surface area contributed by atoms with Gasteiger partial charge in [0.1, 0.15) is 0 Å². The predicted octanol–water partition coefficient (Wildman–Crippen LogP) is 1.04. The lowest BCUT2D eigenvalue weighted by Crippen LogP contribution is -2.25. The van der Waals surface area contributed by atoms with E-state index >= 15 is 0 Å². The smallest absolute Gasteiger partial charge is 0.0644 e. The highest BCUT2D eigenvalue weighted by Crippen LogP contribution is 2.12. The fourth-order valence-corrected chi connectivity index (χ4v) is 0.696. The third-order valence-corrected chi connectivity index (χ3v) is 1.90. The molecule has 0 heterocycles. The standard InChI is InChI=1S/C9H21NO2/c1-9(2,11-4)5-7-12-8-6-10-3/h10H,5-8H2,1-4H3. The molecule has 3 nitrogen and oxygen atoms in total. The normalized spacial score (nSPS) is 12.0. The molecule has 0 aliphatic rings. The molecule has 0 bridgehead atoms. The van der Waals surface area contributed by atoms with Crippen molar-refractivity contribution >= 4 is 0 Å². The van der Waals surface area contributed by atoms with Crippen LogP contribution in [0, 0.1) is 0 Å². The molecular weight excluding hydrogens is 154 g/mol. The van der Waals surface area contributed by atoms with E-state index in [9.17, 15) is 0 Å². The Morgan fingerprint density at radius 2 is 1.92 bits per heavy atom. The second kappa shape index (κ2) is 6.40. The molecule has 0 saturated heterocycles. The van der Waals surface area contributed by atoms with Gasteiger partial charge < -0.3 is 14.8 Å². The zero-order valence-electron chi connectivity index (χ0n) is 8.64. The van der Waals surface area contributed by atoms with E-state index in [0.29, 0.717) is 0 Å². The van der Waals surface area contributed by atoms with Crippen LogP contribution < -0.4 is 5.32 Å². The topological polar surface area (TPSA) is 30.5 Å². The van der Waals surface area contributed by atoms with Crippen LogP contribution in [-0.2, 0) is 9.47 Å². The third-order valence-electron chi connectivity index (χ3n) is 1.90. The average molecular weight is 175 g/mol. The molecule has 0 amide bonds. The molecule has 0 aliphatic heterocycles. The molecule has 3 heteroatoms. The number of nitrogens with one attached hydrogen (secondary N) is 1. The minimum atomic E-state index is -0.0559. The number of likely N-dealkylation sites (N-methyl/N-ethyl adjacent to an activating group) is 1. The van der Waals surface area contributed by atoms with Gasteiger partial charge in [-0.15, -0.1) is 0 Å². The number of methoxy groups -OCH3 is 1. The van der Waals surface area contributed by atoms with Gasteiger partial charge in [0.15, 0.2) is 0 Å². The molecule has 0 spiro atoms. The molecule has 0 unspecified atom stereocenters. The van der Waals surface area contributed by atoms with Crippen LogP contribution in [0.25, 0.3) is 0 Å².